The normalized spacial score (nSPS) is 17.8. The van der Waals surface area contributed by atoms with Gasteiger partial charge in [-0.3, -0.25) is 4.79 Å². The summed E-state index contributed by atoms with van der Waals surface area (Å²) in [6, 6.07) is 3.54. The predicted molar refractivity (Wildman–Crippen MR) is 74.3 cm³/mol. The van der Waals surface area contributed by atoms with Crippen molar-refractivity contribution in [1.82, 2.24) is 5.32 Å². The van der Waals surface area contributed by atoms with Crippen LogP contribution in [0.1, 0.15) is 44.6 Å². The molecule has 0 spiro atoms. The van der Waals surface area contributed by atoms with Crippen LogP contribution in [0.3, 0.4) is 0 Å². The van der Waals surface area contributed by atoms with Crippen LogP contribution in [0.2, 0.25) is 0 Å². The largest absolute Gasteiger partial charge is 0.355 e. The van der Waals surface area contributed by atoms with Gasteiger partial charge in [-0.25, -0.2) is 8.78 Å². The Hall–Kier alpha value is -1.45. The van der Waals surface area contributed by atoms with Crippen molar-refractivity contribution in [3.63, 3.8) is 0 Å². The minimum Gasteiger partial charge on any atom is -0.355 e. The number of rotatable bonds is 4. The van der Waals surface area contributed by atoms with E-state index in [0.717, 1.165) is 31.7 Å². The van der Waals surface area contributed by atoms with Crippen molar-refractivity contribution in [3.8, 4) is 0 Å². The number of hydrogen-bond donors (Lipinski definition) is 1. The van der Waals surface area contributed by atoms with Crippen LogP contribution in [0.15, 0.2) is 18.2 Å². The van der Waals surface area contributed by atoms with Crippen molar-refractivity contribution < 1.29 is 13.6 Å². The van der Waals surface area contributed by atoms with Crippen LogP contribution < -0.4 is 5.32 Å². The summed E-state index contributed by atoms with van der Waals surface area (Å²) in [5, 5.41) is 2.88. The minimum atomic E-state index is -0.579. The smallest absolute Gasteiger partial charge is 0.225 e. The summed E-state index contributed by atoms with van der Waals surface area (Å²) in [5.74, 6) is -1.08. The molecule has 4 heteroatoms. The summed E-state index contributed by atoms with van der Waals surface area (Å²) in [6.07, 6.45) is 5.61. The van der Waals surface area contributed by atoms with E-state index in [4.69, 9.17) is 0 Å². The lowest BCUT2D eigenvalue weighted by Gasteiger charge is -2.32. The molecule has 1 saturated carbocycles. The van der Waals surface area contributed by atoms with Gasteiger partial charge in [-0.15, -0.1) is 0 Å². The quantitative estimate of drug-likeness (QED) is 0.897. The fraction of sp³-hybridized carbons (Fsp3) is 0.562. The van der Waals surface area contributed by atoms with Crippen LogP contribution >= 0.6 is 0 Å². The number of benzene rings is 1. The fourth-order valence-electron chi connectivity index (χ4n) is 2.81. The zero-order valence-corrected chi connectivity index (χ0v) is 11.8. The fourth-order valence-corrected chi connectivity index (χ4v) is 2.81. The van der Waals surface area contributed by atoms with Crippen molar-refractivity contribution in [3.05, 3.63) is 35.4 Å². The van der Waals surface area contributed by atoms with Gasteiger partial charge in [-0.2, -0.15) is 0 Å². The van der Waals surface area contributed by atoms with Gasteiger partial charge < -0.3 is 5.32 Å². The SMILES string of the molecule is CC1(C(=O)NCCc2ccc(F)cc2F)CCCCC1. The summed E-state index contributed by atoms with van der Waals surface area (Å²) in [4.78, 5) is 12.2. The predicted octanol–water partition coefficient (Wildman–Crippen LogP) is 3.59. The van der Waals surface area contributed by atoms with E-state index in [2.05, 4.69) is 5.32 Å². The van der Waals surface area contributed by atoms with Crippen molar-refractivity contribution in [1.29, 1.82) is 0 Å². The molecule has 0 atom stereocenters. The molecule has 110 valence electrons. The summed E-state index contributed by atoms with van der Waals surface area (Å²) in [5.41, 5.74) is 0.153. The maximum absolute atomic E-state index is 13.5. The zero-order valence-electron chi connectivity index (χ0n) is 11.8. The van der Waals surface area contributed by atoms with Crippen LogP contribution in [0.5, 0.6) is 0 Å². The number of halogens is 2. The Bertz CT molecular complexity index is 481. The molecule has 0 bridgehead atoms. The van der Waals surface area contributed by atoms with Crippen molar-refractivity contribution >= 4 is 5.91 Å². The van der Waals surface area contributed by atoms with Crippen LogP contribution in [-0.4, -0.2) is 12.5 Å². The van der Waals surface area contributed by atoms with Gasteiger partial charge >= 0.3 is 0 Å². The number of hydrogen-bond acceptors (Lipinski definition) is 1. The average molecular weight is 281 g/mol. The Labute approximate surface area is 118 Å². The third-order valence-electron chi connectivity index (χ3n) is 4.20. The van der Waals surface area contributed by atoms with Gasteiger partial charge in [0.2, 0.25) is 5.91 Å². The molecule has 0 aromatic heterocycles. The maximum Gasteiger partial charge on any atom is 0.225 e. The Balaban J connectivity index is 1.84. The summed E-state index contributed by atoms with van der Waals surface area (Å²) in [7, 11) is 0. The first-order valence-corrected chi connectivity index (χ1v) is 7.23. The molecule has 20 heavy (non-hydrogen) atoms. The molecule has 1 aliphatic rings. The summed E-state index contributed by atoms with van der Waals surface area (Å²) < 4.78 is 26.2. The molecule has 1 aromatic rings. The Morgan fingerprint density at radius 1 is 1.25 bits per heavy atom. The lowest BCUT2D eigenvalue weighted by atomic mass is 9.75. The Kier molecular flexibility index (Phi) is 4.73. The highest BCUT2D eigenvalue weighted by Crippen LogP contribution is 2.35. The number of nitrogens with one attached hydrogen (secondary N) is 1. The number of carbonyl (C=O) groups is 1. The van der Waals surface area contributed by atoms with Crippen LogP contribution in [0, 0.1) is 17.0 Å². The first kappa shape index (κ1) is 14.9. The second-order valence-corrected chi connectivity index (χ2v) is 5.86. The van der Waals surface area contributed by atoms with Gasteiger partial charge in [0.1, 0.15) is 11.6 Å². The first-order chi connectivity index (χ1) is 9.51. The van der Waals surface area contributed by atoms with E-state index in [1.807, 2.05) is 6.92 Å². The van der Waals surface area contributed by atoms with Gasteiger partial charge in [0.05, 0.1) is 0 Å². The average Bonchev–Trinajstić information content (AvgIpc) is 2.42. The lowest BCUT2D eigenvalue weighted by Crippen LogP contribution is -2.41. The molecular formula is C16H21F2NO. The molecule has 2 rings (SSSR count). The topological polar surface area (TPSA) is 29.1 Å². The second-order valence-electron chi connectivity index (χ2n) is 5.86. The van der Waals surface area contributed by atoms with Gasteiger partial charge in [0.25, 0.3) is 0 Å². The van der Waals surface area contributed by atoms with Crippen LogP contribution in [0.25, 0.3) is 0 Å². The minimum absolute atomic E-state index is 0.0553. The molecule has 0 heterocycles. The number of amides is 1. The highest BCUT2D eigenvalue weighted by atomic mass is 19.1. The first-order valence-electron chi connectivity index (χ1n) is 7.23. The zero-order chi connectivity index (χ0) is 14.6. The van der Waals surface area contributed by atoms with Gasteiger partial charge in [0, 0.05) is 18.0 Å². The molecule has 0 unspecified atom stereocenters. The third-order valence-corrected chi connectivity index (χ3v) is 4.20. The highest BCUT2D eigenvalue weighted by Gasteiger charge is 2.34. The monoisotopic (exact) mass is 281 g/mol. The lowest BCUT2D eigenvalue weighted by molar-refractivity contribution is -0.131. The standard InChI is InChI=1S/C16H21F2NO/c1-16(8-3-2-4-9-16)15(20)19-10-7-12-5-6-13(17)11-14(12)18/h5-6,11H,2-4,7-10H2,1H3,(H,19,20). The molecule has 1 amide bonds. The van der Waals surface area contributed by atoms with E-state index in [0.29, 0.717) is 18.5 Å². The van der Waals surface area contributed by atoms with E-state index < -0.39 is 11.6 Å². The molecule has 1 aromatic carbocycles. The molecule has 1 aliphatic carbocycles. The van der Waals surface area contributed by atoms with E-state index in [-0.39, 0.29) is 11.3 Å². The molecule has 1 fully saturated rings. The van der Waals surface area contributed by atoms with E-state index in [1.54, 1.807) is 0 Å². The maximum atomic E-state index is 13.5. The molecule has 0 saturated heterocycles. The molecular weight excluding hydrogens is 260 g/mol. The van der Waals surface area contributed by atoms with Crippen LogP contribution in [-0.2, 0) is 11.2 Å². The van der Waals surface area contributed by atoms with Crippen molar-refractivity contribution in [2.75, 3.05) is 6.54 Å². The molecule has 1 N–H and O–H groups in total. The van der Waals surface area contributed by atoms with E-state index in [1.165, 1.54) is 18.6 Å². The molecule has 0 aliphatic heterocycles. The van der Waals surface area contributed by atoms with Crippen molar-refractivity contribution in [2.24, 2.45) is 5.41 Å². The third kappa shape index (κ3) is 3.56. The second kappa shape index (κ2) is 6.33. The summed E-state index contributed by atoms with van der Waals surface area (Å²) in [6.45, 7) is 2.39. The van der Waals surface area contributed by atoms with Crippen LogP contribution in [0.4, 0.5) is 8.78 Å². The Morgan fingerprint density at radius 2 is 1.95 bits per heavy atom. The van der Waals surface area contributed by atoms with Gasteiger partial charge in [-0.1, -0.05) is 32.3 Å². The van der Waals surface area contributed by atoms with Gasteiger partial charge in [-0.05, 0) is 30.9 Å². The molecule has 0 radical (unpaired) electrons. The summed E-state index contributed by atoms with van der Waals surface area (Å²) >= 11 is 0. The van der Waals surface area contributed by atoms with E-state index in [9.17, 15) is 13.6 Å². The number of carbonyl (C=O) groups excluding carboxylic acids is 1. The van der Waals surface area contributed by atoms with Gasteiger partial charge in [0.15, 0.2) is 0 Å². The Morgan fingerprint density at radius 3 is 2.60 bits per heavy atom. The van der Waals surface area contributed by atoms with Crippen molar-refractivity contribution in [2.45, 2.75) is 45.4 Å². The highest BCUT2D eigenvalue weighted by molar-refractivity contribution is 5.82. The van der Waals surface area contributed by atoms with E-state index >= 15 is 0 Å². The molecule has 2 nitrogen and oxygen atoms in total.